The SMILES string of the molecule is CC[C@H](C)[C@@H]([C@@H](CC(=O)N1CCC[C@H]1[C@H](OC)[C@@H](C)C(=O)N[C@H](C)[C@@H](O)c1ccccc1)OC)N(C)C(=O)[C@@H](NC(=O)[C@H](C(C)C)N(C)C(=O)OC(C(=O)NCC(O)COCC(O)COCC(O)COCC(O)COCC(O)COCC(O)CN(C[C@H](O)[C@@H](O)[C@H](O)[C@H](O)CO)C[C@H](O)[C@@H](O)[C@H](O)[C@H](O)CO)c1ccc(NC(=O)[C@H](CCCNC(N)=O)NC(=O)[C@@H](NC(=O)CCCCCN2C(=O)C=CC2=O)C(C)C)cc1)C(C)C. The van der Waals surface area contributed by atoms with Crippen LogP contribution in [0.15, 0.2) is 66.7 Å². The van der Waals surface area contributed by atoms with E-state index in [0.717, 1.165) is 14.7 Å². The molecule has 2 heterocycles. The minimum atomic E-state index is -2.08. The fraction of sp³-hybridized carbons (Fsp3) is 0.737. The number of rotatable bonds is 75. The van der Waals surface area contributed by atoms with Crippen molar-refractivity contribution in [3.63, 3.8) is 0 Å². The Morgan fingerprint density at radius 2 is 1.01 bits per heavy atom. The molecule has 26 N–H and O–H groups in total. The number of benzene rings is 2. The second kappa shape index (κ2) is 68.6. The van der Waals surface area contributed by atoms with E-state index in [9.17, 15) is 125 Å². The van der Waals surface area contributed by atoms with E-state index >= 15 is 9.59 Å². The molecule has 2 aliphatic heterocycles. The predicted octanol–water partition coefficient (Wildman–Crippen LogP) is -5.84. The van der Waals surface area contributed by atoms with Gasteiger partial charge < -0.3 is 177 Å². The van der Waals surface area contributed by atoms with Crippen LogP contribution in [0.4, 0.5) is 15.3 Å². The molecule has 0 spiro atoms. The van der Waals surface area contributed by atoms with Gasteiger partial charge in [-0.2, -0.15) is 0 Å². The maximum absolute atomic E-state index is 15.2. The number of nitrogens with one attached hydrogen (secondary N) is 7. The van der Waals surface area contributed by atoms with Gasteiger partial charge in [0.05, 0.1) is 152 Å². The second-order valence-electron chi connectivity index (χ2n) is 39.1. The Kier molecular flexibility index (Phi) is 60.7. The summed E-state index contributed by atoms with van der Waals surface area (Å²) in [7, 11) is 5.69. The zero-order valence-corrected chi connectivity index (χ0v) is 87.8. The number of primary amides is 1. The lowest BCUT2D eigenvalue weighted by Crippen LogP contribution is -2.60. The number of aliphatic hydroxyl groups is 17. The Hall–Kier alpha value is -9.38. The molecule has 7 unspecified atom stereocenters. The molecule has 0 bridgehead atoms. The van der Waals surface area contributed by atoms with Gasteiger partial charge in [-0.3, -0.25) is 62.6 Å². The summed E-state index contributed by atoms with van der Waals surface area (Å²) in [5.41, 5.74) is 5.96. The summed E-state index contributed by atoms with van der Waals surface area (Å²) in [5.74, 6) is -8.91. The van der Waals surface area contributed by atoms with Crippen LogP contribution in [0.2, 0.25) is 0 Å². The second-order valence-corrected chi connectivity index (χ2v) is 39.1. The molecule has 2 aliphatic rings. The number of carbonyl (C=O) groups is 12. The maximum Gasteiger partial charge on any atom is 0.411 e. The van der Waals surface area contributed by atoms with Gasteiger partial charge in [0, 0.05) is 104 Å². The first-order valence-corrected chi connectivity index (χ1v) is 50.5. The predicted molar refractivity (Wildman–Crippen MR) is 534 cm³/mol. The number of urea groups is 1. The highest BCUT2D eigenvalue weighted by Crippen LogP contribution is 2.32. The molecule has 850 valence electrons. The fourth-order valence-corrected chi connectivity index (χ4v) is 17.0. The number of imide groups is 1. The Morgan fingerprint density at radius 1 is 0.510 bits per heavy atom. The van der Waals surface area contributed by atoms with Crippen LogP contribution in [0.25, 0.3) is 0 Å². The van der Waals surface area contributed by atoms with Crippen LogP contribution in [-0.2, 0) is 85.8 Å². The van der Waals surface area contributed by atoms with E-state index in [2.05, 4.69) is 37.2 Å². The Bertz CT molecular complexity index is 4310. The number of methoxy groups -OCH3 is 2. The zero-order chi connectivity index (χ0) is 112. The normalized spacial score (nSPS) is 18.7. The number of anilines is 1. The Balaban J connectivity index is 1.46. The molecule has 13 amide bonds. The molecule has 2 aromatic rings. The van der Waals surface area contributed by atoms with E-state index < -0.39 is 321 Å². The average Bonchev–Trinajstić information content (AvgIpc) is 1.69. The number of nitrogens with zero attached hydrogens (tertiary/aromatic N) is 5. The van der Waals surface area contributed by atoms with Crippen molar-refractivity contribution in [2.75, 3.05) is 159 Å². The lowest BCUT2D eigenvalue weighted by atomic mass is 9.89. The topological polar surface area (TPSA) is 749 Å². The smallest absolute Gasteiger partial charge is 0.411 e. The van der Waals surface area contributed by atoms with Crippen molar-refractivity contribution in [2.45, 2.75) is 286 Å². The number of aliphatic hydroxyl groups excluding tert-OH is 17. The third-order valence-electron chi connectivity index (χ3n) is 25.7. The molecule has 2 aromatic carbocycles. The standard InChI is InChI=1S/C99H167N13O37/c1-15-58(8)84(76(142-13)38-80(128)111-37-23-27-71(111)90(143-14)59(9)92(134)103-60(10)85(129)61-24-18-16-19-25-61)108(11)97(139)82(56(4)5)107-95(137)83(57(6)7)109(12)99(141)149-91(62-29-31-63(32-30-62)104-93(135)70(26-22-35-101-98(100)140)105-94(136)81(55(2)3)106-77(125)28-20-17-21-36-112-78(126)33-34-79(112)127)96(138)102-39-64(115)45-144-47-66(117)49-146-51-68(119)53-148-54-69(120)52-147-50-67(118)48-145-46-65(116)40-110(41-72(121)86(130)88(132)74(123)43-113)42-73(122)87(131)89(133)75(124)44-114/h16,18-19,24-25,29-34,55-60,64-76,81-91,113-124,129-133H,15,17,20-23,26-28,35-54H2,1-14H3,(H,102,138)(H,103,134)(H,104,135)(H,105,136)(H,106,125)(H,107,137)(H3,100,101,140)/t58-,59+,60+,64?,65?,66?,67?,68?,69?,70-,71-,72-,73-,74+,75+,76+,81-,82-,83-,84-,85+,86+,87+,88+,89+,90+,91?/m0/s1. The summed E-state index contributed by atoms with van der Waals surface area (Å²) >= 11 is 0. The van der Waals surface area contributed by atoms with Gasteiger partial charge in [-0.05, 0) is 86.8 Å². The van der Waals surface area contributed by atoms with Crippen molar-refractivity contribution in [2.24, 2.45) is 35.3 Å². The largest absolute Gasteiger partial charge is 0.431 e. The summed E-state index contributed by atoms with van der Waals surface area (Å²) in [6, 6.07) is 6.18. The first-order chi connectivity index (χ1) is 70.4. The van der Waals surface area contributed by atoms with E-state index in [1.165, 1.54) is 62.6 Å². The summed E-state index contributed by atoms with van der Waals surface area (Å²) in [5, 5.41) is 194. The van der Waals surface area contributed by atoms with Gasteiger partial charge in [0.1, 0.15) is 85.2 Å². The lowest BCUT2D eigenvalue weighted by molar-refractivity contribution is -0.148. The molecule has 149 heavy (non-hydrogen) atoms. The molecular formula is C99H167N13O37. The van der Waals surface area contributed by atoms with Gasteiger partial charge in [0.15, 0.2) is 0 Å². The third-order valence-corrected chi connectivity index (χ3v) is 25.7. The number of amides is 13. The van der Waals surface area contributed by atoms with Gasteiger partial charge in [0.2, 0.25) is 47.5 Å². The highest BCUT2D eigenvalue weighted by Gasteiger charge is 2.46. The van der Waals surface area contributed by atoms with E-state index in [-0.39, 0.29) is 87.6 Å². The molecule has 4 rings (SSSR count). The molecule has 50 heteroatoms. The number of carbonyl (C=O) groups excluding carboxylic acids is 12. The Labute approximate surface area is 869 Å². The van der Waals surface area contributed by atoms with E-state index in [1.807, 2.05) is 19.9 Å². The number of unbranched alkanes of at least 4 members (excludes halogenated alkanes) is 2. The number of nitrogens with two attached hydrogens (primary N) is 1. The number of hydrogen-bond donors (Lipinski definition) is 25. The van der Waals surface area contributed by atoms with Crippen molar-refractivity contribution in [1.29, 1.82) is 0 Å². The molecule has 50 nitrogen and oxygen atoms in total. The fourth-order valence-electron chi connectivity index (χ4n) is 17.0. The number of ether oxygens (including phenoxy) is 8. The van der Waals surface area contributed by atoms with Gasteiger partial charge in [-0.25, -0.2) is 9.59 Å². The minimum absolute atomic E-state index is 0.0127. The highest BCUT2D eigenvalue weighted by molar-refractivity contribution is 6.13. The van der Waals surface area contributed by atoms with Crippen LogP contribution < -0.4 is 43.0 Å². The molecular weight excluding hydrogens is 1960 g/mol. The van der Waals surface area contributed by atoms with Crippen molar-refractivity contribution in [1.82, 2.24) is 56.4 Å². The molecule has 0 saturated carbocycles. The average molecular weight is 2130 g/mol. The highest BCUT2D eigenvalue weighted by atomic mass is 16.6. The molecule has 0 aliphatic carbocycles. The van der Waals surface area contributed by atoms with Crippen LogP contribution >= 0.6 is 0 Å². The first kappa shape index (κ1) is 132. The minimum Gasteiger partial charge on any atom is -0.431 e. The monoisotopic (exact) mass is 2130 g/mol. The Morgan fingerprint density at radius 3 is 1.49 bits per heavy atom. The maximum atomic E-state index is 15.2. The van der Waals surface area contributed by atoms with Gasteiger partial charge in [-0.1, -0.05) is 118 Å². The van der Waals surface area contributed by atoms with Crippen LogP contribution in [0.5, 0.6) is 0 Å². The molecule has 27 atom stereocenters. The van der Waals surface area contributed by atoms with E-state index in [0.29, 0.717) is 50.6 Å². The first-order valence-electron chi connectivity index (χ1n) is 50.5. The van der Waals surface area contributed by atoms with Crippen LogP contribution in [0, 0.1) is 29.6 Å². The van der Waals surface area contributed by atoms with Crippen molar-refractivity contribution < 1.29 is 182 Å². The quantitative estimate of drug-likeness (QED) is 0.0217. The van der Waals surface area contributed by atoms with Crippen LogP contribution in [-0.4, -0.2) is 476 Å². The summed E-state index contributed by atoms with van der Waals surface area (Å²) in [4.78, 5) is 172. The molecule has 0 aromatic heterocycles. The van der Waals surface area contributed by atoms with Gasteiger partial charge in [-0.15, -0.1) is 0 Å². The summed E-state index contributed by atoms with van der Waals surface area (Å²) in [6.07, 6.45) is -24.9. The van der Waals surface area contributed by atoms with Gasteiger partial charge in [0.25, 0.3) is 17.7 Å². The number of likely N-dealkylation sites (tertiary alicyclic amines) is 1. The van der Waals surface area contributed by atoms with Crippen molar-refractivity contribution in [3.05, 3.63) is 77.9 Å². The summed E-state index contributed by atoms with van der Waals surface area (Å²) < 4.78 is 45.1. The number of hydrogen-bond acceptors (Lipinski definition) is 38. The molecule has 1 saturated heterocycles. The number of likely N-dealkylation sites (N-methyl/N-ethyl adjacent to an activating group) is 2. The third kappa shape index (κ3) is 45.1. The van der Waals surface area contributed by atoms with Crippen molar-refractivity contribution in [3.8, 4) is 0 Å². The lowest BCUT2D eigenvalue weighted by Gasteiger charge is -2.41. The van der Waals surface area contributed by atoms with Crippen LogP contribution in [0.1, 0.15) is 157 Å². The molecule has 0 radical (unpaired) electrons. The zero-order valence-electron chi connectivity index (χ0n) is 87.8. The van der Waals surface area contributed by atoms with E-state index in [1.54, 1.807) is 91.6 Å². The van der Waals surface area contributed by atoms with E-state index in [4.69, 9.17) is 53.8 Å². The van der Waals surface area contributed by atoms with Crippen LogP contribution in [0.3, 0.4) is 0 Å². The van der Waals surface area contributed by atoms with Gasteiger partial charge >= 0.3 is 12.1 Å². The van der Waals surface area contributed by atoms with Crippen molar-refractivity contribution >= 4 is 76.9 Å². The summed E-state index contributed by atoms with van der Waals surface area (Å²) in [6.45, 7) is 8.99. The molecule has 1 fully saturated rings.